The van der Waals surface area contributed by atoms with Crippen LogP contribution in [0, 0.1) is 0 Å². The molecule has 1 aromatic carbocycles. The second kappa shape index (κ2) is 7.11. The Hall–Kier alpha value is -2.60. The molecule has 25 heavy (non-hydrogen) atoms. The molecule has 128 valence electrons. The Labute approximate surface area is 153 Å². The van der Waals surface area contributed by atoms with Gasteiger partial charge in [0.2, 0.25) is 0 Å². The number of carbonyl (C=O) groups is 2. The molecule has 0 bridgehead atoms. The third-order valence-corrected chi connectivity index (χ3v) is 4.65. The lowest BCUT2D eigenvalue weighted by atomic mass is 10.0. The minimum atomic E-state index is -0.404. The molecule has 0 aliphatic rings. The summed E-state index contributed by atoms with van der Waals surface area (Å²) in [5.41, 5.74) is 3.27. The van der Waals surface area contributed by atoms with E-state index in [1.807, 2.05) is 24.4 Å². The zero-order chi connectivity index (χ0) is 18.0. The molecule has 6 heteroatoms. The highest BCUT2D eigenvalue weighted by molar-refractivity contribution is 9.10. The molecule has 0 saturated carbocycles. The molecule has 3 rings (SSSR count). The van der Waals surface area contributed by atoms with E-state index < -0.39 is 11.9 Å². The van der Waals surface area contributed by atoms with Crippen molar-refractivity contribution >= 4 is 33.4 Å². The summed E-state index contributed by atoms with van der Waals surface area (Å²) in [5.74, 6) is -0.806. The molecule has 0 amide bonds. The molecule has 5 nitrogen and oxygen atoms in total. The summed E-state index contributed by atoms with van der Waals surface area (Å²) in [5, 5.41) is 0. The lowest BCUT2D eigenvalue weighted by Gasteiger charge is -2.07. The summed E-state index contributed by atoms with van der Waals surface area (Å²) >= 11 is 3.60. The van der Waals surface area contributed by atoms with E-state index in [4.69, 9.17) is 9.47 Å². The topological polar surface area (TPSA) is 57.0 Å². The quantitative estimate of drug-likeness (QED) is 0.610. The zero-order valence-electron chi connectivity index (χ0n) is 13.8. The number of hydrogen-bond donors (Lipinski definition) is 0. The predicted octanol–water partition coefficient (Wildman–Crippen LogP) is 4.33. The van der Waals surface area contributed by atoms with Gasteiger partial charge in [-0.1, -0.05) is 18.2 Å². The van der Waals surface area contributed by atoms with Crippen LogP contribution in [0.1, 0.15) is 27.8 Å². The number of methoxy groups -OCH3 is 1. The third-order valence-electron chi connectivity index (χ3n) is 3.85. The molecule has 0 fully saturated rings. The van der Waals surface area contributed by atoms with Gasteiger partial charge in [-0.15, -0.1) is 0 Å². The molecule has 0 aliphatic heterocycles. The predicted molar refractivity (Wildman–Crippen MR) is 97.8 cm³/mol. The Morgan fingerprint density at radius 3 is 2.44 bits per heavy atom. The number of rotatable bonds is 4. The largest absolute Gasteiger partial charge is 0.465 e. The lowest BCUT2D eigenvalue weighted by Crippen LogP contribution is -2.09. The molecule has 0 saturated heterocycles. The van der Waals surface area contributed by atoms with E-state index in [1.54, 1.807) is 35.6 Å². The van der Waals surface area contributed by atoms with Gasteiger partial charge in [0, 0.05) is 11.8 Å². The van der Waals surface area contributed by atoms with Crippen molar-refractivity contribution in [1.29, 1.82) is 0 Å². The number of carbonyl (C=O) groups excluding carboxylic acids is 2. The maximum Gasteiger partial charge on any atom is 0.355 e. The average Bonchev–Trinajstić information content (AvgIpc) is 2.94. The van der Waals surface area contributed by atoms with E-state index in [0.717, 1.165) is 21.1 Å². The number of ether oxygens (including phenoxy) is 2. The summed E-state index contributed by atoms with van der Waals surface area (Å²) in [7, 11) is 1.34. The van der Waals surface area contributed by atoms with Gasteiger partial charge in [0.05, 0.1) is 29.3 Å². The molecular weight excluding hydrogens is 386 g/mol. The summed E-state index contributed by atoms with van der Waals surface area (Å²) in [6, 6.07) is 12.6. The number of pyridine rings is 1. The lowest BCUT2D eigenvalue weighted by molar-refractivity contribution is 0.0518. The molecule has 0 unspecified atom stereocenters. The first-order valence-electron chi connectivity index (χ1n) is 7.72. The molecule has 0 N–H and O–H groups in total. The summed E-state index contributed by atoms with van der Waals surface area (Å²) < 4.78 is 12.5. The van der Waals surface area contributed by atoms with Gasteiger partial charge in [-0.2, -0.15) is 0 Å². The van der Waals surface area contributed by atoms with E-state index in [0.29, 0.717) is 11.3 Å². The monoisotopic (exact) mass is 401 g/mol. The Morgan fingerprint density at radius 2 is 1.80 bits per heavy atom. The van der Waals surface area contributed by atoms with Gasteiger partial charge >= 0.3 is 11.9 Å². The SMILES string of the molecule is CCOC(=O)c1c(-c2ccc(C(=O)OC)cc2)c(Br)c2ccccn12. The maximum absolute atomic E-state index is 12.5. The highest BCUT2D eigenvalue weighted by atomic mass is 79.9. The van der Waals surface area contributed by atoms with Gasteiger partial charge in [0.25, 0.3) is 0 Å². The molecular formula is C19H16BrNO4. The fraction of sp³-hybridized carbons (Fsp3) is 0.158. The molecule has 0 atom stereocenters. The van der Waals surface area contributed by atoms with Crippen molar-refractivity contribution < 1.29 is 19.1 Å². The van der Waals surface area contributed by atoms with Crippen LogP contribution in [0.4, 0.5) is 0 Å². The number of esters is 2. The van der Waals surface area contributed by atoms with Crippen LogP contribution in [0.5, 0.6) is 0 Å². The van der Waals surface area contributed by atoms with Crippen molar-refractivity contribution in [3.63, 3.8) is 0 Å². The van der Waals surface area contributed by atoms with Crippen LogP contribution < -0.4 is 0 Å². The van der Waals surface area contributed by atoms with E-state index in [1.165, 1.54) is 7.11 Å². The van der Waals surface area contributed by atoms with Crippen LogP contribution in [0.2, 0.25) is 0 Å². The zero-order valence-corrected chi connectivity index (χ0v) is 15.4. The van der Waals surface area contributed by atoms with Crippen molar-refractivity contribution in [2.24, 2.45) is 0 Å². The van der Waals surface area contributed by atoms with Crippen molar-refractivity contribution in [3.8, 4) is 11.1 Å². The highest BCUT2D eigenvalue weighted by Gasteiger charge is 2.24. The molecule has 0 radical (unpaired) electrons. The van der Waals surface area contributed by atoms with Gasteiger partial charge in [-0.05, 0) is 52.7 Å². The normalized spacial score (nSPS) is 10.7. The molecule has 2 aromatic heterocycles. The van der Waals surface area contributed by atoms with E-state index in [2.05, 4.69) is 15.9 Å². The Balaban J connectivity index is 2.21. The van der Waals surface area contributed by atoms with Crippen molar-refractivity contribution in [2.75, 3.05) is 13.7 Å². The standard InChI is InChI=1S/C19H16BrNO4/c1-3-25-19(23)17-15(16(20)14-6-4-5-11-21(14)17)12-7-9-13(10-8-12)18(22)24-2/h4-11H,3H2,1-2H3. The van der Waals surface area contributed by atoms with Gasteiger partial charge in [0.1, 0.15) is 5.69 Å². The Kier molecular flexibility index (Phi) is 4.90. The summed E-state index contributed by atoms with van der Waals surface area (Å²) in [4.78, 5) is 24.2. The van der Waals surface area contributed by atoms with Crippen molar-refractivity contribution in [3.05, 3.63) is 64.4 Å². The Morgan fingerprint density at radius 1 is 1.08 bits per heavy atom. The van der Waals surface area contributed by atoms with Crippen LogP contribution in [-0.4, -0.2) is 30.1 Å². The second-order valence-corrected chi connectivity index (χ2v) is 6.08. The number of halogens is 1. The second-order valence-electron chi connectivity index (χ2n) is 5.28. The van der Waals surface area contributed by atoms with Crippen LogP contribution >= 0.6 is 15.9 Å². The fourth-order valence-corrected chi connectivity index (χ4v) is 3.46. The number of fused-ring (bicyclic) bond motifs is 1. The minimum Gasteiger partial charge on any atom is -0.465 e. The molecule has 3 aromatic rings. The first-order chi connectivity index (χ1) is 12.1. The van der Waals surface area contributed by atoms with Crippen molar-refractivity contribution in [1.82, 2.24) is 4.40 Å². The number of aromatic nitrogens is 1. The summed E-state index contributed by atoms with van der Waals surface area (Å²) in [6.45, 7) is 2.06. The van der Waals surface area contributed by atoms with E-state index in [9.17, 15) is 9.59 Å². The van der Waals surface area contributed by atoms with Gasteiger partial charge in [0.15, 0.2) is 0 Å². The van der Waals surface area contributed by atoms with E-state index in [-0.39, 0.29) is 6.61 Å². The minimum absolute atomic E-state index is 0.289. The first-order valence-corrected chi connectivity index (χ1v) is 8.52. The molecule has 0 spiro atoms. The number of benzene rings is 1. The van der Waals surface area contributed by atoms with E-state index >= 15 is 0 Å². The number of nitrogens with zero attached hydrogens (tertiary/aromatic N) is 1. The van der Waals surface area contributed by atoms with Crippen LogP contribution in [0.25, 0.3) is 16.6 Å². The molecule has 0 aliphatic carbocycles. The van der Waals surface area contributed by atoms with Crippen LogP contribution in [-0.2, 0) is 9.47 Å². The van der Waals surface area contributed by atoms with Crippen LogP contribution in [0.15, 0.2) is 53.1 Å². The van der Waals surface area contributed by atoms with Crippen LogP contribution in [0.3, 0.4) is 0 Å². The smallest absolute Gasteiger partial charge is 0.355 e. The van der Waals surface area contributed by atoms with Gasteiger partial charge in [-0.25, -0.2) is 9.59 Å². The van der Waals surface area contributed by atoms with Gasteiger partial charge in [-0.3, -0.25) is 0 Å². The maximum atomic E-state index is 12.5. The Bertz CT molecular complexity index is 944. The van der Waals surface area contributed by atoms with Crippen molar-refractivity contribution in [2.45, 2.75) is 6.92 Å². The van der Waals surface area contributed by atoms with Gasteiger partial charge < -0.3 is 13.9 Å². The third kappa shape index (κ3) is 3.05. The number of hydrogen-bond acceptors (Lipinski definition) is 4. The molecule has 2 heterocycles. The first kappa shape index (κ1) is 17.2. The summed E-state index contributed by atoms with van der Waals surface area (Å²) in [6.07, 6.45) is 1.82. The average molecular weight is 402 g/mol. The highest BCUT2D eigenvalue weighted by Crippen LogP contribution is 2.37. The fourth-order valence-electron chi connectivity index (χ4n) is 2.72.